The average Bonchev–Trinajstić information content (AvgIpc) is 3.41. The van der Waals surface area contributed by atoms with E-state index in [4.69, 9.17) is 0 Å². The number of likely N-dealkylation sites (tertiary alicyclic amines) is 1. The SMILES string of the molecule is Cc1nnnn1-c1ccc(F)c(NC(=O)C2CCN(C(=O)c3cccs3)CC2)c1. The van der Waals surface area contributed by atoms with Gasteiger partial charge in [-0.3, -0.25) is 9.59 Å². The Hall–Kier alpha value is -3.14. The van der Waals surface area contributed by atoms with Gasteiger partial charge in [-0.05, 0) is 59.8 Å². The number of halogens is 1. The van der Waals surface area contributed by atoms with E-state index in [1.807, 2.05) is 11.4 Å². The third-order valence-corrected chi connectivity index (χ3v) is 5.82. The van der Waals surface area contributed by atoms with Crippen molar-refractivity contribution in [1.82, 2.24) is 25.1 Å². The number of nitrogens with zero attached hydrogens (tertiary/aromatic N) is 5. The van der Waals surface area contributed by atoms with Crippen LogP contribution in [-0.4, -0.2) is 50.0 Å². The van der Waals surface area contributed by atoms with Gasteiger partial charge in [0.1, 0.15) is 5.82 Å². The molecule has 0 saturated carbocycles. The maximum absolute atomic E-state index is 14.2. The van der Waals surface area contributed by atoms with Gasteiger partial charge in [0.25, 0.3) is 5.91 Å². The molecule has 0 bridgehead atoms. The molecule has 4 rings (SSSR count). The molecule has 1 aromatic carbocycles. The molecule has 0 spiro atoms. The number of thiophene rings is 1. The minimum absolute atomic E-state index is 0.00517. The summed E-state index contributed by atoms with van der Waals surface area (Å²) in [6.07, 6.45) is 1.08. The highest BCUT2D eigenvalue weighted by Gasteiger charge is 2.28. The lowest BCUT2D eigenvalue weighted by Gasteiger charge is -2.31. The fraction of sp³-hybridized carbons (Fsp3) is 0.316. The van der Waals surface area contributed by atoms with E-state index < -0.39 is 5.82 Å². The molecule has 3 aromatic rings. The number of anilines is 1. The number of amides is 2. The number of hydrogen-bond donors (Lipinski definition) is 1. The second kappa shape index (κ2) is 8.08. The van der Waals surface area contributed by atoms with Crippen molar-refractivity contribution >= 4 is 28.8 Å². The maximum atomic E-state index is 14.2. The zero-order chi connectivity index (χ0) is 20.4. The number of nitrogens with one attached hydrogen (secondary N) is 1. The molecule has 0 radical (unpaired) electrons. The fourth-order valence-electron chi connectivity index (χ4n) is 3.35. The lowest BCUT2D eigenvalue weighted by molar-refractivity contribution is -0.121. The molecular formula is C19H19FN6O2S. The van der Waals surface area contributed by atoms with Crippen molar-refractivity contribution < 1.29 is 14.0 Å². The van der Waals surface area contributed by atoms with Gasteiger partial charge in [-0.15, -0.1) is 16.4 Å². The van der Waals surface area contributed by atoms with Gasteiger partial charge >= 0.3 is 0 Å². The van der Waals surface area contributed by atoms with Crippen LogP contribution in [0.15, 0.2) is 35.7 Å². The van der Waals surface area contributed by atoms with Crippen molar-refractivity contribution in [2.24, 2.45) is 5.92 Å². The monoisotopic (exact) mass is 414 g/mol. The Morgan fingerprint density at radius 3 is 2.69 bits per heavy atom. The molecule has 2 amide bonds. The lowest BCUT2D eigenvalue weighted by atomic mass is 9.95. The topological polar surface area (TPSA) is 93.0 Å². The highest BCUT2D eigenvalue weighted by atomic mass is 32.1. The number of rotatable bonds is 4. The van der Waals surface area contributed by atoms with Gasteiger partial charge in [0, 0.05) is 19.0 Å². The molecule has 0 aliphatic carbocycles. The molecule has 1 N–H and O–H groups in total. The summed E-state index contributed by atoms with van der Waals surface area (Å²) >= 11 is 1.41. The third kappa shape index (κ3) is 4.02. The molecule has 0 atom stereocenters. The van der Waals surface area contributed by atoms with Crippen LogP contribution in [-0.2, 0) is 4.79 Å². The highest BCUT2D eigenvalue weighted by molar-refractivity contribution is 7.12. The third-order valence-electron chi connectivity index (χ3n) is 4.96. The summed E-state index contributed by atoms with van der Waals surface area (Å²) < 4.78 is 15.7. The van der Waals surface area contributed by atoms with Crippen LogP contribution in [0.25, 0.3) is 5.69 Å². The summed E-state index contributed by atoms with van der Waals surface area (Å²) in [5.41, 5.74) is 0.639. The molecule has 2 aromatic heterocycles. The summed E-state index contributed by atoms with van der Waals surface area (Å²) in [5.74, 6) is -0.512. The van der Waals surface area contributed by atoms with Crippen molar-refractivity contribution in [3.63, 3.8) is 0 Å². The Labute approximate surface area is 170 Å². The van der Waals surface area contributed by atoms with E-state index in [0.717, 1.165) is 0 Å². The molecule has 29 heavy (non-hydrogen) atoms. The molecule has 1 aliphatic rings. The van der Waals surface area contributed by atoms with Gasteiger partial charge in [0.05, 0.1) is 16.3 Å². The van der Waals surface area contributed by atoms with Crippen molar-refractivity contribution in [2.75, 3.05) is 18.4 Å². The fourth-order valence-corrected chi connectivity index (χ4v) is 4.04. The molecule has 1 saturated heterocycles. The maximum Gasteiger partial charge on any atom is 0.263 e. The molecule has 1 fully saturated rings. The molecule has 8 nitrogen and oxygen atoms in total. The van der Waals surface area contributed by atoms with Crippen LogP contribution >= 0.6 is 11.3 Å². The first-order chi connectivity index (χ1) is 14.0. The van der Waals surface area contributed by atoms with Crippen LogP contribution in [0.2, 0.25) is 0 Å². The van der Waals surface area contributed by atoms with Crippen molar-refractivity contribution in [3.8, 4) is 5.69 Å². The number of aryl methyl sites for hydroxylation is 1. The highest BCUT2D eigenvalue weighted by Crippen LogP contribution is 2.24. The first kappa shape index (κ1) is 19.2. The Morgan fingerprint density at radius 1 is 1.24 bits per heavy atom. The second-order valence-corrected chi connectivity index (χ2v) is 7.78. The Kier molecular flexibility index (Phi) is 5.34. The standard InChI is InChI=1S/C19H19FN6O2S/c1-12-22-23-24-26(12)14-4-5-15(20)16(11-14)21-18(27)13-6-8-25(9-7-13)19(28)17-3-2-10-29-17/h2-5,10-11,13H,6-9H2,1H3,(H,21,27). The molecule has 3 heterocycles. The Balaban J connectivity index is 1.40. The van der Waals surface area contributed by atoms with E-state index in [1.165, 1.54) is 28.2 Å². The average molecular weight is 414 g/mol. The van der Waals surface area contributed by atoms with Crippen molar-refractivity contribution in [3.05, 3.63) is 52.2 Å². The number of aromatic nitrogens is 4. The summed E-state index contributed by atoms with van der Waals surface area (Å²) in [6.45, 7) is 2.73. The van der Waals surface area contributed by atoms with Crippen LogP contribution in [0.4, 0.5) is 10.1 Å². The zero-order valence-corrected chi connectivity index (χ0v) is 16.5. The number of piperidine rings is 1. The number of carbonyl (C=O) groups excluding carboxylic acids is 2. The van der Waals surface area contributed by atoms with Gasteiger partial charge in [0.15, 0.2) is 5.82 Å². The number of benzene rings is 1. The predicted molar refractivity (Wildman–Crippen MR) is 105 cm³/mol. The van der Waals surface area contributed by atoms with Crippen LogP contribution in [0.5, 0.6) is 0 Å². The van der Waals surface area contributed by atoms with Gasteiger partial charge in [0.2, 0.25) is 5.91 Å². The van der Waals surface area contributed by atoms with Gasteiger partial charge in [-0.2, -0.15) is 4.68 Å². The molecule has 0 unspecified atom stereocenters. The van der Waals surface area contributed by atoms with Crippen LogP contribution in [0.3, 0.4) is 0 Å². The minimum atomic E-state index is -0.530. The first-order valence-electron chi connectivity index (χ1n) is 9.21. The van der Waals surface area contributed by atoms with Gasteiger partial charge < -0.3 is 10.2 Å². The summed E-state index contributed by atoms with van der Waals surface area (Å²) in [5, 5.41) is 15.8. The molecule has 1 aliphatic heterocycles. The zero-order valence-electron chi connectivity index (χ0n) is 15.7. The predicted octanol–water partition coefficient (Wildman–Crippen LogP) is 2.66. The van der Waals surface area contributed by atoms with Crippen LogP contribution in [0.1, 0.15) is 28.3 Å². The van der Waals surface area contributed by atoms with E-state index in [2.05, 4.69) is 20.8 Å². The van der Waals surface area contributed by atoms with Gasteiger partial charge in [-0.25, -0.2) is 4.39 Å². The second-order valence-electron chi connectivity index (χ2n) is 6.84. The van der Waals surface area contributed by atoms with E-state index in [0.29, 0.717) is 42.3 Å². The summed E-state index contributed by atoms with van der Waals surface area (Å²) in [6, 6.07) is 7.97. The van der Waals surface area contributed by atoms with Crippen LogP contribution in [0, 0.1) is 18.7 Å². The van der Waals surface area contributed by atoms with Crippen molar-refractivity contribution in [1.29, 1.82) is 0 Å². The number of tetrazole rings is 1. The number of hydrogen-bond acceptors (Lipinski definition) is 6. The van der Waals surface area contributed by atoms with E-state index in [-0.39, 0.29) is 23.4 Å². The molecular weight excluding hydrogens is 395 g/mol. The Morgan fingerprint density at radius 2 is 2.03 bits per heavy atom. The summed E-state index contributed by atoms with van der Waals surface area (Å²) in [4.78, 5) is 27.5. The number of carbonyl (C=O) groups is 2. The summed E-state index contributed by atoms with van der Waals surface area (Å²) in [7, 11) is 0. The van der Waals surface area contributed by atoms with E-state index >= 15 is 0 Å². The van der Waals surface area contributed by atoms with E-state index in [1.54, 1.807) is 24.0 Å². The van der Waals surface area contributed by atoms with Crippen molar-refractivity contribution in [2.45, 2.75) is 19.8 Å². The first-order valence-corrected chi connectivity index (χ1v) is 10.1. The van der Waals surface area contributed by atoms with E-state index in [9.17, 15) is 14.0 Å². The normalized spacial score (nSPS) is 14.8. The van der Waals surface area contributed by atoms with Gasteiger partial charge in [-0.1, -0.05) is 6.07 Å². The largest absolute Gasteiger partial charge is 0.338 e. The van der Waals surface area contributed by atoms with Crippen LogP contribution < -0.4 is 5.32 Å². The minimum Gasteiger partial charge on any atom is -0.338 e. The quantitative estimate of drug-likeness (QED) is 0.709. The molecule has 150 valence electrons. The Bertz CT molecular complexity index is 1030. The smallest absolute Gasteiger partial charge is 0.263 e. The molecule has 10 heteroatoms. The lowest BCUT2D eigenvalue weighted by Crippen LogP contribution is -2.41.